The zero-order valence-corrected chi connectivity index (χ0v) is 12.5. The molecule has 0 aliphatic carbocycles. The number of nitrogens with one attached hydrogen (secondary N) is 1. The molecule has 0 spiro atoms. The summed E-state index contributed by atoms with van der Waals surface area (Å²) in [5.74, 6) is -0.975. The first kappa shape index (κ1) is 15.1. The van der Waals surface area contributed by atoms with Gasteiger partial charge in [0.2, 0.25) is 0 Å². The third-order valence-electron chi connectivity index (χ3n) is 2.95. The third kappa shape index (κ3) is 3.25. The van der Waals surface area contributed by atoms with Crippen LogP contribution in [0, 0.1) is 0 Å². The molecule has 2 aromatic rings. The molecular weight excluding hydrogens is 290 g/mol. The summed E-state index contributed by atoms with van der Waals surface area (Å²) in [6.45, 7) is 3.53. The molecule has 0 aliphatic rings. The first-order chi connectivity index (χ1) is 10.1. The second kappa shape index (κ2) is 6.45. The number of esters is 1. The number of ether oxygens (including phenoxy) is 1. The van der Waals surface area contributed by atoms with E-state index in [0.29, 0.717) is 5.56 Å². The van der Waals surface area contributed by atoms with Crippen LogP contribution in [0.3, 0.4) is 0 Å². The summed E-state index contributed by atoms with van der Waals surface area (Å²) in [6, 6.07) is 3.41. The van der Waals surface area contributed by atoms with Crippen LogP contribution >= 0.6 is 11.3 Å². The number of carbonyl (C=O) groups is 2. The molecule has 0 radical (unpaired) electrons. The first-order valence-electron chi connectivity index (χ1n) is 6.36. The lowest BCUT2D eigenvalue weighted by molar-refractivity contribution is -0.150. The van der Waals surface area contributed by atoms with Crippen LogP contribution in [-0.4, -0.2) is 28.5 Å². The Morgan fingerprint density at radius 3 is 2.86 bits per heavy atom. The second-order valence-electron chi connectivity index (χ2n) is 4.41. The van der Waals surface area contributed by atoms with Gasteiger partial charge in [-0.05, 0) is 19.9 Å². The fourth-order valence-electron chi connectivity index (χ4n) is 1.79. The Hall–Kier alpha value is -2.28. The molecule has 0 fully saturated rings. The number of carbonyl (C=O) groups excluding carboxylic acids is 2. The average Bonchev–Trinajstić information content (AvgIpc) is 3.02. The van der Waals surface area contributed by atoms with E-state index in [-0.39, 0.29) is 12.3 Å². The van der Waals surface area contributed by atoms with E-state index < -0.39 is 17.4 Å². The molecule has 0 aromatic carbocycles. The Labute approximate surface area is 126 Å². The van der Waals surface area contributed by atoms with E-state index in [9.17, 15) is 9.59 Å². The minimum Gasteiger partial charge on any atom is -0.464 e. The molecule has 1 atom stereocenters. The van der Waals surface area contributed by atoms with Crippen LogP contribution < -0.4 is 5.32 Å². The Bertz CT molecular complexity index is 616. The van der Waals surface area contributed by atoms with E-state index in [1.54, 1.807) is 43.1 Å². The van der Waals surface area contributed by atoms with E-state index in [0.717, 1.165) is 0 Å². The van der Waals surface area contributed by atoms with Gasteiger partial charge in [-0.1, -0.05) is 6.07 Å². The first-order valence-corrected chi connectivity index (χ1v) is 7.30. The van der Waals surface area contributed by atoms with Gasteiger partial charge in [0.25, 0.3) is 5.91 Å². The Balaban J connectivity index is 2.32. The number of aromatic nitrogens is 2. The number of nitrogens with zero attached hydrogens (tertiary/aromatic N) is 2. The average molecular weight is 305 g/mol. The standard InChI is InChI=1S/C14H15N3O3S/c1-3-20-13(19)14(2,10-5-4-6-15-7-10)17-12(18)11-8-21-9-16-11/h4-9H,3H2,1-2H3,(H,17,18). The number of rotatable bonds is 5. The van der Waals surface area contributed by atoms with E-state index in [1.165, 1.54) is 17.5 Å². The van der Waals surface area contributed by atoms with Crippen molar-refractivity contribution in [3.05, 3.63) is 46.7 Å². The monoisotopic (exact) mass is 305 g/mol. The largest absolute Gasteiger partial charge is 0.464 e. The predicted octanol–water partition coefficient (Wildman–Crippen LogP) is 1.75. The molecule has 1 unspecified atom stereocenters. The smallest absolute Gasteiger partial charge is 0.336 e. The van der Waals surface area contributed by atoms with Gasteiger partial charge in [0.1, 0.15) is 5.69 Å². The predicted molar refractivity (Wildman–Crippen MR) is 77.8 cm³/mol. The quantitative estimate of drug-likeness (QED) is 0.851. The van der Waals surface area contributed by atoms with Gasteiger partial charge < -0.3 is 10.1 Å². The molecule has 1 N–H and O–H groups in total. The van der Waals surface area contributed by atoms with Gasteiger partial charge in [0.05, 0.1) is 12.1 Å². The van der Waals surface area contributed by atoms with Crippen LogP contribution in [0.1, 0.15) is 29.9 Å². The number of hydrogen-bond acceptors (Lipinski definition) is 6. The van der Waals surface area contributed by atoms with Crippen LogP contribution in [0.5, 0.6) is 0 Å². The van der Waals surface area contributed by atoms with Crippen LogP contribution in [0.15, 0.2) is 35.4 Å². The SMILES string of the molecule is CCOC(=O)C(C)(NC(=O)c1cscn1)c1cccnc1. The summed E-state index contributed by atoms with van der Waals surface area (Å²) in [6.07, 6.45) is 3.12. The molecule has 0 saturated carbocycles. The molecule has 21 heavy (non-hydrogen) atoms. The van der Waals surface area contributed by atoms with Crippen molar-refractivity contribution in [2.45, 2.75) is 19.4 Å². The summed E-state index contributed by atoms with van der Waals surface area (Å²) in [4.78, 5) is 32.4. The molecule has 0 bridgehead atoms. The summed E-state index contributed by atoms with van der Waals surface area (Å²) in [7, 11) is 0. The number of hydrogen-bond donors (Lipinski definition) is 1. The zero-order valence-electron chi connectivity index (χ0n) is 11.7. The van der Waals surface area contributed by atoms with E-state index in [1.807, 2.05) is 0 Å². The summed E-state index contributed by atoms with van der Waals surface area (Å²) < 4.78 is 5.08. The third-order valence-corrected chi connectivity index (χ3v) is 3.54. The van der Waals surface area contributed by atoms with Crippen molar-refractivity contribution >= 4 is 23.2 Å². The highest BCUT2D eigenvalue weighted by atomic mass is 32.1. The van der Waals surface area contributed by atoms with Crippen molar-refractivity contribution in [2.24, 2.45) is 0 Å². The summed E-state index contributed by atoms with van der Waals surface area (Å²) >= 11 is 1.31. The maximum Gasteiger partial charge on any atom is 0.336 e. The van der Waals surface area contributed by atoms with Gasteiger partial charge in [-0.3, -0.25) is 9.78 Å². The maximum absolute atomic E-state index is 12.3. The van der Waals surface area contributed by atoms with E-state index in [4.69, 9.17) is 4.74 Å². The van der Waals surface area contributed by atoms with E-state index >= 15 is 0 Å². The number of amides is 1. The molecule has 7 heteroatoms. The van der Waals surface area contributed by atoms with Crippen LogP contribution in [-0.2, 0) is 15.1 Å². The Morgan fingerprint density at radius 2 is 2.29 bits per heavy atom. The molecule has 1 amide bonds. The molecule has 110 valence electrons. The Morgan fingerprint density at radius 1 is 1.48 bits per heavy atom. The van der Waals surface area contributed by atoms with Gasteiger partial charge in [-0.2, -0.15) is 0 Å². The highest BCUT2D eigenvalue weighted by Crippen LogP contribution is 2.22. The van der Waals surface area contributed by atoms with Crippen molar-refractivity contribution in [3.63, 3.8) is 0 Å². The van der Waals surface area contributed by atoms with Gasteiger partial charge >= 0.3 is 5.97 Å². The van der Waals surface area contributed by atoms with Crippen LogP contribution in [0.4, 0.5) is 0 Å². The summed E-state index contributed by atoms with van der Waals surface area (Å²) in [5.41, 5.74) is 1.05. The van der Waals surface area contributed by atoms with Crippen molar-refractivity contribution in [3.8, 4) is 0 Å². The fourth-order valence-corrected chi connectivity index (χ4v) is 2.32. The van der Waals surface area contributed by atoms with Gasteiger partial charge in [-0.15, -0.1) is 11.3 Å². The van der Waals surface area contributed by atoms with Crippen molar-refractivity contribution < 1.29 is 14.3 Å². The van der Waals surface area contributed by atoms with Gasteiger partial charge in [0, 0.05) is 23.3 Å². The van der Waals surface area contributed by atoms with Gasteiger partial charge in [0.15, 0.2) is 5.54 Å². The molecule has 2 rings (SSSR count). The van der Waals surface area contributed by atoms with Crippen molar-refractivity contribution in [1.29, 1.82) is 0 Å². The van der Waals surface area contributed by atoms with Crippen molar-refractivity contribution in [1.82, 2.24) is 15.3 Å². The van der Waals surface area contributed by atoms with E-state index in [2.05, 4.69) is 15.3 Å². The molecule has 2 heterocycles. The zero-order chi connectivity index (χ0) is 15.3. The molecule has 2 aromatic heterocycles. The highest BCUT2D eigenvalue weighted by Gasteiger charge is 2.39. The van der Waals surface area contributed by atoms with Crippen LogP contribution in [0.2, 0.25) is 0 Å². The summed E-state index contributed by atoms with van der Waals surface area (Å²) in [5, 5.41) is 4.30. The normalized spacial score (nSPS) is 13.2. The molecule has 0 saturated heterocycles. The Kier molecular flexibility index (Phi) is 4.64. The van der Waals surface area contributed by atoms with Crippen LogP contribution in [0.25, 0.3) is 0 Å². The molecule has 6 nitrogen and oxygen atoms in total. The van der Waals surface area contributed by atoms with Gasteiger partial charge in [-0.25, -0.2) is 9.78 Å². The second-order valence-corrected chi connectivity index (χ2v) is 5.13. The lowest BCUT2D eigenvalue weighted by Gasteiger charge is -2.28. The number of thiazole rings is 1. The minimum atomic E-state index is -1.31. The lowest BCUT2D eigenvalue weighted by atomic mass is 9.93. The minimum absolute atomic E-state index is 0.223. The molecular formula is C14H15N3O3S. The fraction of sp³-hybridized carbons (Fsp3) is 0.286. The molecule has 0 aliphatic heterocycles. The highest BCUT2D eigenvalue weighted by molar-refractivity contribution is 7.07. The number of pyridine rings is 1. The van der Waals surface area contributed by atoms with Crippen molar-refractivity contribution in [2.75, 3.05) is 6.61 Å². The lowest BCUT2D eigenvalue weighted by Crippen LogP contribution is -2.50. The topological polar surface area (TPSA) is 81.2 Å². The maximum atomic E-state index is 12.3.